The molecule has 2 aromatic rings. The summed E-state index contributed by atoms with van der Waals surface area (Å²) in [7, 11) is 0. The summed E-state index contributed by atoms with van der Waals surface area (Å²) in [6, 6.07) is 14.5. The molecule has 23 heavy (non-hydrogen) atoms. The van der Waals surface area contributed by atoms with Gasteiger partial charge in [0.2, 0.25) is 0 Å². The SMILES string of the molecule is CSc1ccccc1NC(=O)C(=O)NCc1ccccc1CO. The molecular weight excluding hydrogens is 312 g/mol. The Morgan fingerprint density at radius 3 is 2.35 bits per heavy atom. The summed E-state index contributed by atoms with van der Waals surface area (Å²) in [6.45, 7) is 0.0759. The molecular formula is C17H18N2O3S. The van der Waals surface area contributed by atoms with Crippen LogP contribution in [-0.4, -0.2) is 23.2 Å². The summed E-state index contributed by atoms with van der Waals surface area (Å²) in [5.41, 5.74) is 2.11. The van der Waals surface area contributed by atoms with Crippen LogP contribution in [0.4, 0.5) is 5.69 Å². The number of thioether (sulfide) groups is 1. The van der Waals surface area contributed by atoms with Gasteiger partial charge in [-0.05, 0) is 29.5 Å². The predicted octanol–water partition coefficient (Wildman–Crippen LogP) is 2.16. The van der Waals surface area contributed by atoms with Crippen LogP contribution >= 0.6 is 11.8 Å². The van der Waals surface area contributed by atoms with Crippen LogP contribution < -0.4 is 10.6 Å². The van der Waals surface area contributed by atoms with Crippen LogP contribution in [0.3, 0.4) is 0 Å². The topological polar surface area (TPSA) is 78.4 Å². The molecule has 0 radical (unpaired) electrons. The van der Waals surface area contributed by atoms with Crippen molar-refractivity contribution in [3.8, 4) is 0 Å². The van der Waals surface area contributed by atoms with Crippen LogP contribution in [0.2, 0.25) is 0 Å². The Morgan fingerprint density at radius 1 is 1.00 bits per heavy atom. The summed E-state index contributed by atoms with van der Waals surface area (Å²) in [4.78, 5) is 24.8. The van der Waals surface area contributed by atoms with Crippen molar-refractivity contribution in [2.75, 3.05) is 11.6 Å². The summed E-state index contributed by atoms with van der Waals surface area (Å²) in [5.74, 6) is -1.43. The van der Waals surface area contributed by atoms with E-state index in [2.05, 4.69) is 10.6 Å². The Balaban J connectivity index is 1.96. The fourth-order valence-electron chi connectivity index (χ4n) is 2.07. The lowest BCUT2D eigenvalue weighted by Crippen LogP contribution is -2.35. The van der Waals surface area contributed by atoms with Gasteiger partial charge >= 0.3 is 11.8 Å². The smallest absolute Gasteiger partial charge is 0.313 e. The van der Waals surface area contributed by atoms with Crippen LogP contribution in [0, 0.1) is 0 Å². The third-order valence-electron chi connectivity index (χ3n) is 3.29. The number of aliphatic hydroxyl groups is 1. The van der Waals surface area contributed by atoms with E-state index in [4.69, 9.17) is 0 Å². The van der Waals surface area contributed by atoms with Crippen LogP contribution in [0.5, 0.6) is 0 Å². The highest BCUT2D eigenvalue weighted by Gasteiger charge is 2.15. The minimum Gasteiger partial charge on any atom is -0.392 e. The summed E-state index contributed by atoms with van der Waals surface area (Å²) >= 11 is 1.49. The largest absolute Gasteiger partial charge is 0.392 e. The van der Waals surface area contributed by atoms with E-state index in [9.17, 15) is 14.7 Å². The number of hydrogen-bond acceptors (Lipinski definition) is 4. The third-order valence-corrected chi connectivity index (χ3v) is 4.09. The van der Waals surface area contributed by atoms with E-state index in [-0.39, 0.29) is 13.2 Å². The third kappa shape index (κ3) is 4.58. The molecule has 2 rings (SSSR count). The molecule has 2 amide bonds. The fraction of sp³-hybridized carbons (Fsp3) is 0.176. The summed E-state index contributed by atoms with van der Waals surface area (Å²) < 4.78 is 0. The number of amides is 2. The number of para-hydroxylation sites is 1. The van der Waals surface area contributed by atoms with Gasteiger partial charge in [-0.25, -0.2) is 0 Å². The molecule has 0 aliphatic carbocycles. The summed E-state index contributed by atoms with van der Waals surface area (Å²) in [6.07, 6.45) is 1.90. The lowest BCUT2D eigenvalue weighted by Gasteiger charge is -2.10. The molecule has 0 aliphatic heterocycles. The van der Waals surface area contributed by atoms with Gasteiger partial charge in [0, 0.05) is 11.4 Å². The first-order chi connectivity index (χ1) is 11.2. The molecule has 0 heterocycles. The Hall–Kier alpha value is -2.31. The molecule has 0 saturated heterocycles. The number of nitrogens with one attached hydrogen (secondary N) is 2. The minimum atomic E-state index is -0.715. The molecule has 0 spiro atoms. The second-order valence-electron chi connectivity index (χ2n) is 4.76. The first kappa shape index (κ1) is 17.1. The second-order valence-corrected chi connectivity index (χ2v) is 5.61. The predicted molar refractivity (Wildman–Crippen MR) is 91.1 cm³/mol. The van der Waals surface area contributed by atoms with Crippen molar-refractivity contribution >= 4 is 29.3 Å². The van der Waals surface area contributed by atoms with Gasteiger partial charge in [-0.3, -0.25) is 9.59 Å². The monoisotopic (exact) mass is 330 g/mol. The molecule has 0 aliphatic rings. The number of aliphatic hydroxyl groups excluding tert-OH is 1. The molecule has 2 aromatic carbocycles. The van der Waals surface area contributed by atoms with Gasteiger partial charge < -0.3 is 15.7 Å². The number of anilines is 1. The van der Waals surface area contributed by atoms with Gasteiger partial charge in [0.1, 0.15) is 0 Å². The number of carbonyl (C=O) groups excluding carboxylic acids is 2. The van der Waals surface area contributed by atoms with Crippen LogP contribution in [0.25, 0.3) is 0 Å². The molecule has 3 N–H and O–H groups in total. The highest BCUT2D eigenvalue weighted by atomic mass is 32.2. The maximum atomic E-state index is 12.0. The van der Waals surface area contributed by atoms with E-state index in [0.717, 1.165) is 16.0 Å². The van der Waals surface area contributed by atoms with Crippen molar-refractivity contribution in [2.24, 2.45) is 0 Å². The zero-order valence-electron chi connectivity index (χ0n) is 12.7. The van der Waals surface area contributed by atoms with Crippen molar-refractivity contribution in [3.05, 3.63) is 59.7 Å². The van der Waals surface area contributed by atoms with Crippen molar-refractivity contribution in [1.29, 1.82) is 0 Å². The lowest BCUT2D eigenvalue weighted by molar-refractivity contribution is -0.136. The molecule has 0 atom stereocenters. The molecule has 0 unspecified atom stereocenters. The number of benzene rings is 2. The van der Waals surface area contributed by atoms with Crippen LogP contribution in [0.1, 0.15) is 11.1 Å². The molecule has 6 heteroatoms. The molecule has 5 nitrogen and oxygen atoms in total. The van der Waals surface area contributed by atoms with Gasteiger partial charge in [-0.15, -0.1) is 11.8 Å². The van der Waals surface area contributed by atoms with E-state index >= 15 is 0 Å². The van der Waals surface area contributed by atoms with Crippen molar-refractivity contribution < 1.29 is 14.7 Å². The standard InChI is InChI=1S/C17H18N2O3S/c1-23-15-9-5-4-8-14(15)19-17(22)16(21)18-10-12-6-2-3-7-13(12)11-20/h2-9,20H,10-11H2,1H3,(H,18,21)(H,19,22). The van der Waals surface area contributed by atoms with Gasteiger partial charge in [0.15, 0.2) is 0 Å². The van der Waals surface area contributed by atoms with E-state index < -0.39 is 11.8 Å². The Bertz CT molecular complexity index is 704. The van der Waals surface area contributed by atoms with E-state index in [1.807, 2.05) is 30.5 Å². The highest BCUT2D eigenvalue weighted by molar-refractivity contribution is 7.98. The first-order valence-corrected chi connectivity index (χ1v) is 8.28. The Morgan fingerprint density at radius 2 is 1.65 bits per heavy atom. The van der Waals surface area contributed by atoms with Crippen molar-refractivity contribution in [1.82, 2.24) is 5.32 Å². The van der Waals surface area contributed by atoms with Crippen molar-refractivity contribution in [3.63, 3.8) is 0 Å². The maximum absolute atomic E-state index is 12.0. The van der Waals surface area contributed by atoms with Crippen LogP contribution in [0.15, 0.2) is 53.4 Å². The normalized spacial score (nSPS) is 10.2. The Kier molecular flexibility index (Phi) is 6.19. The van der Waals surface area contributed by atoms with Gasteiger partial charge in [-0.1, -0.05) is 36.4 Å². The first-order valence-electron chi connectivity index (χ1n) is 7.05. The number of hydrogen-bond donors (Lipinski definition) is 3. The second kappa shape index (κ2) is 8.36. The molecule has 0 fully saturated rings. The van der Waals surface area contributed by atoms with E-state index in [1.54, 1.807) is 24.3 Å². The van der Waals surface area contributed by atoms with E-state index in [1.165, 1.54) is 11.8 Å². The average Bonchev–Trinajstić information content (AvgIpc) is 2.60. The summed E-state index contributed by atoms with van der Waals surface area (Å²) in [5, 5.41) is 14.4. The molecule has 0 aromatic heterocycles. The van der Waals surface area contributed by atoms with Gasteiger partial charge in [0.05, 0.1) is 12.3 Å². The van der Waals surface area contributed by atoms with Gasteiger partial charge in [-0.2, -0.15) is 0 Å². The molecule has 120 valence electrons. The van der Waals surface area contributed by atoms with Crippen molar-refractivity contribution in [2.45, 2.75) is 18.0 Å². The number of rotatable bonds is 5. The molecule has 0 saturated carbocycles. The maximum Gasteiger partial charge on any atom is 0.313 e. The van der Waals surface area contributed by atoms with E-state index in [0.29, 0.717) is 5.69 Å². The fourth-order valence-corrected chi connectivity index (χ4v) is 2.62. The quantitative estimate of drug-likeness (QED) is 0.580. The lowest BCUT2D eigenvalue weighted by atomic mass is 10.1. The zero-order chi connectivity index (χ0) is 16.7. The van der Waals surface area contributed by atoms with Crippen LogP contribution in [-0.2, 0) is 22.7 Å². The zero-order valence-corrected chi connectivity index (χ0v) is 13.5. The number of carbonyl (C=O) groups is 2. The average molecular weight is 330 g/mol. The minimum absolute atomic E-state index is 0.112. The Labute approximate surface area is 139 Å². The highest BCUT2D eigenvalue weighted by Crippen LogP contribution is 2.24. The van der Waals surface area contributed by atoms with Gasteiger partial charge in [0.25, 0.3) is 0 Å². The molecule has 0 bridgehead atoms.